The average molecular weight is 507 g/mol. The van der Waals surface area contributed by atoms with Crippen molar-refractivity contribution in [2.24, 2.45) is 0 Å². The van der Waals surface area contributed by atoms with Gasteiger partial charge >= 0.3 is 17.9 Å². The largest absolute Gasteiger partial charge is 0.459 e. The zero-order chi connectivity index (χ0) is 26.4. The van der Waals surface area contributed by atoms with Gasteiger partial charge in [-0.1, -0.05) is 109 Å². The molecule has 0 aliphatic carbocycles. The van der Waals surface area contributed by atoms with E-state index in [0.717, 1.165) is 19.3 Å². The molecule has 204 valence electrons. The summed E-state index contributed by atoms with van der Waals surface area (Å²) >= 11 is 0. The van der Waals surface area contributed by atoms with E-state index in [4.69, 9.17) is 14.6 Å². The molecule has 7 heteroatoms. The molecule has 0 bridgehead atoms. The van der Waals surface area contributed by atoms with Gasteiger partial charge in [-0.15, -0.1) is 0 Å². The lowest BCUT2D eigenvalue weighted by molar-refractivity contribution is -0.138. The molecule has 0 radical (unpaired) electrons. The molecule has 0 aliphatic heterocycles. The molecule has 0 fully saturated rings. The maximum absolute atomic E-state index is 12.4. The number of carbonyl (C=O) groups excluding carboxylic acids is 3. The van der Waals surface area contributed by atoms with Crippen LogP contribution in [0.15, 0.2) is 24.3 Å². The van der Waals surface area contributed by atoms with Crippen molar-refractivity contribution in [3.8, 4) is 0 Å². The van der Waals surface area contributed by atoms with E-state index in [-0.39, 0.29) is 17.5 Å². The molecule has 0 amide bonds. The van der Waals surface area contributed by atoms with Crippen molar-refractivity contribution in [2.45, 2.75) is 116 Å². The number of hydrogen-bond acceptors (Lipinski definition) is 7. The van der Waals surface area contributed by atoms with Gasteiger partial charge in [-0.05, 0) is 18.6 Å². The van der Waals surface area contributed by atoms with E-state index in [1.807, 2.05) is 0 Å². The topological polar surface area (TPSA) is 110 Å². The summed E-state index contributed by atoms with van der Waals surface area (Å²) in [7, 11) is 0. The van der Waals surface area contributed by atoms with Crippen LogP contribution in [0.25, 0.3) is 0 Å². The van der Waals surface area contributed by atoms with E-state index in [2.05, 4.69) is 6.92 Å². The van der Waals surface area contributed by atoms with Crippen LogP contribution in [0, 0.1) is 0 Å². The Labute approximate surface area is 216 Å². The predicted octanol–water partition coefficient (Wildman–Crippen LogP) is 6.14. The number of benzene rings is 1. The fraction of sp³-hybridized carbons (Fsp3) is 0.690. The highest BCUT2D eigenvalue weighted by atomic mass is 16.6. The Morgan fingerprint density at radius 1 is 0.722 bits per heavy atom. The third-order valence-electron chi connectivity index (χ3n) is 6.18. The van der Waals surface area contributed by atoms with Gasteiger partial charge in [0.25, 0.3) is 0 Å². The van der Waals surface area contributed by atoms with Crippen molar-refractivity contribution in [3.05, 3.63) is 35.4 Å². The number of rotatable bonds is 21. The molecule has 1 unspecified atom stereocenters. The zero-order valence-corrected chi connectivity index (χ0v) is 22.1. The van der Waals surface area contributed by atoms with Crippen LogP contribution in [0.5, 0.6) is 0 Å². The lowest BCUT2D eigenvalue weighted by Gasteiger charge is -2.11. The number of ether oxygens (including phenoxy) is 2. The van der Waals surface area contributed by atoms with Gasteiger partial charge in [0.1, 0.15) is 12.7 Å². The molecule has 0 heterocycles. The first-order chi connectivity index (χ1) is 17.5. The van der Waals surface area contributed by atoms with Gasteiger partial charge < -0.3 is 19.7 Å². The summed E-state index contributed by atoms with van der Waals surface area (Å²) in [5, 5.41) is 18.1. The van der Waals surface area contributed by atoms with E-state index in [1.54, 1.807) is 12.1 Å². The van der Waals surface area contributed by atoms with E-state index in [1.165, 1.54) is 82.8 Å². The molecule has 2 N–H and O–H groups in total. The predicted molar refractivity (Wildman–Crippen MR) is 140 cm³/mol. The Hall–Kier alpha value is -2.25. The summed E-state index contributed by atoms with van der Waals surface area (Å²) in [6.45, 7) is 1.29. The minimum atomic E-state index is -1.20. The highest BCUT2D eigenvalue weighted by molar-refractivity contribution is 6.05. The molecule has 36 heavy (non-hydrogen) atoms. The summed E-state index contributed by atoms with van der Waals surface area (Å²) < 4.78 is 9.81. The molecule has 0 aliphatic rings. The number of unbranched alkanes of at least 4 members (excludes halogenated alkanes) is 14. The van der Waals surface area contributed by atoms with Crippen LogP contribution < -0.4 is 0 Å². The number of carbonyl (C=O) groups is 3. The van der Waals surface area contributed by atoms with Gasteiger partial charge in [0.05, 0.1) is 17.7 Å². The molecule has 0 spiro atoms. The number of hydrogen-bond donors (Lipinski definition) is 2. The molecular weight excluding hydrogens is 460 g/mol. The third-order valence-corrected chi connectivity index (χ3v) is 6.18. The molecule has 0 aromatic heterocycles. The smallest absolute Gasteiger partial charge is 0.346 e. The van der Waals surface area contributed by atoms with E-state index < -0.39 is 37.2 Å². The molecular formula is C29H46O7. The summed E-state index contributed by atoms with van der Waals surface area (Å²) in [5.74, 6) is -2.37. The fourth-order valence-electron chi connectivity index (χ4n) is 3.99. The summed E-state index contributed by atoms with van der Waals surface area (Å²) in [6.07, 6.45) is 17.4. The van der Waals surface area contributed by atoms with Crippen LogP contribution >= 0.6 is 0 Å². The Bertz CT molecular complexity index is 747. The summed E-state index contributed by atoms with van der Waals surface area (Å²) in [5.41, 5.74) is -0.141. The molecule has 0 saturated carbocycles. The zero-order valence-electron chi connectivity index (χ0n) is 22.1. The van der Waals surface area contributed by atoms with Crippen molar-refractivity contribution >= 4 is 17.9 Å². The van der Waals surface area contributed by atoms with Gasteiger partial charge in [-0.25, -0.2) is 9.59 Å². The Kier molecular flexibility index (Phi) is 18.4. The number of aliphatic hydroxyl groups excluding tert-OH is 2. The van der Waals surface area contributed by atoms with Gasteiger partial charge in [0.2, 0.25) is 0 Å². The lowest BCUT2D eigenvalue weighted by Crippen LogP contribution is -2.23. The Morgan fingerprint density at radius 2 is 1.17 bits per heavy atom. The van der Waals surface area contributed by atoms with Crippen LogP contribution in [-0.2, 0) is 14.3 Å². The van der Waals surface area contributed by atoms with Gasteiger partial charge in [-0.2, -0.15) is 0 Å². The van der Waals surface area contributed by atoms with Crippen LogP contribution in [-0.4, -0.2) is 47.4 Å². The van der Waals surface area contributed by atoms with Crippen molar-refractivity contribution in [3.63, 3.8) is 0 Å². The molecule has 1 atom stereocenters. The van der Waals surface area contributed by atoms with Crippen LogP contribution in [0.4, 0.5) is 0 Å². The molecule has 7 nitrogen and oxygen atoms in total. The van der Waals surface area contributed by atoms with Gasteiger partial charge in [0, 0.05) is 6.42 Å². The molecule has 0 saturated heterocycles. The van der Waals surface area contributed by atoms with Gasteiger partial charge in [0.15, 0.2) is 0 Å². The summed E-state index contributed by atoms with van der Waals surface area (Å²) in [6, 6.07) is 5.86. The summed E-state index contributed by atoms with van der Waals surface area (Å²) in [4.78, 5) is 36.7. The minimum absolute atomic E-state index is 0.0626. The first-order valence-electron chi connectivity index (χ1n) is 13.8. The lowest BCUT2D eigenvalue weighted by atomic mass is 10.0. The van der Waals surface area contributed by atoms with Gasteiger partial charge in [-0.3, -0.25) is 4.79 Å². The van der Waals surface area contributed by atoms with Crippen molar-refractivity contribution < 1.29 is 34.1 Å². The first kappa shape index (κ1) is 31.8. The molecule has 1 aromatic carbocycles. The Morgan fingerprint density at radius 3 is 1.64 bits per heavy atom. The second-order valence-corrected chi connectivity index (χ2v) is 9.44. The molecule has 1 rings (SSSR count). The van der Waals surface area contributed by atoms with Crippen molar-refractivity contribution in [1.29, 1.82) is 0 Å². The van der Waals surface area contributed by atoms with Crippen LogP contribution in [0.2, 0.25) is 0 Å². The van der Waals surface area contributed by atoms with Crippen LogP contribution in [0.1, 0.15) is 130 Å². The van der Waals surface area contributed by atoms with Crippen molar-refractivity contribution in [2.75, 3.05) is 13.2 Å². The third kappa shape index (κ3) is 15.0. The standard InChI is InChI=1S/C29H46O7/c1-2-3-4-5-6-7-8-9-10-11-12-13-14-15-16-21-27(32)36-29(34)26-20-18-17-19-25(26)28(33)35-23-24(31)22-30/h17-20,24,30-31H,2-16,21-23H2,1H3. The molecule has 1 aromatic rings. The normalized spacial score (nSPS) is 11.8. The van der Waals surface area contributed by atoms with Crippen LogP contribution in [0.3, 0.4) is 0 Å². The second-order valence-electron chi connectivity index (χ2n) is 9.44. The maximum atomic E-state index is 12.4. The maximum Gasteiger partial charge on any atom is 0.346 e. The number of esters is 3. The fourth-order valence-corrected chi connectivity index (χ4v) is 3.99. The minimum Gasteiger partial charge on any atom is -0.459 e. The van der Waals surface area contributed by atoms with E-state index >= 15 is 0 Å². The van der Waals surface area contributed by atoms with Crippen molar-refractivity contribution in [1.82, 2.24) is 0 Å². The van der Waals surface area contributed by atoms with E-state index in [0.29, 0.717) is 6.42 Å². The SMILES string of the molecule is CCCCCCCCCCCCCCCCCC(=O)OC(=O)c1ccccc1C(=O)OCC(O)CO. The first-order valence-corrected chi connectivity index (χ1v) is 13.8. The second kappa shape index (κ2) is 20.9. The highest BCUT2D eigenvalue weighted by Crippen LogP contribution is 2.15. The van der Waals surface area contributed by atoms with E-state index in [9.17, 15) is 19.5 Å². The Balaban J connectivity index is 2.14. The quantitative estimate of drug-likeness (QED) is 0.117. The average Bonchev–Trinajstić information content (AvgIpc) is 2.89. The number of aliphatic hydroxyl groups is 2. The monoisotopic (exact) mass is 506 g/mol. The highest BCUT2D eigenvalue weighted by Gasteiger charge is 2.21.